The Balaban J connectivity index is 1.73. The quantitative estimate of drug-likeness (QED) is 0.409. The normalized spacial score (nSPS) is 11.0. The van der Waals surface area contributed by atoms with E-state index in [-0.39, 0.29) is 18.2 Å². The summed E-state index contributed by atoms with van der Waals surface area (Å²) < 4.78 is 25.7. The summed E-state index contributed by atoms with van der Waals surface area (Å²) in [5.74, 6) is 0.0695. The molecule has 2 aromatic heterocycles. The van der Waals surface area contributed by atoms with Crippen LogP contribution in [0.2, 0.25) is 0 Å². The molecule has 0 spiro atoms. The first-order valence-corrected chi connectivity index (χ1v) is 9.26. The lowest BCUT2D eigenvalue weighted by atomic mass is 9.99. The van der Waals surface area contributed by atoms with Gasteiger partial charge in [-0.25, -0.2) is 19.2 Å². The second-order valence-corrected chi connectivity index (χ2v) is 7.03. The van der Waals surface area contributed by atoms with Crippen molar-refractivity contribution >= 4 is 26.9 Å². The van der Waals surface area contributed by atoms with Gasteiger partial charge in [0.1, 0.15) is 17.1 Å². The number of benzene rings is 2. The fourth-order valence-electron chi connectivity index (χ4n) is 2.96. The molecule has 7 heteroatoms. The number of aromatic nitrogens is 2. The Kier molecular flexibility index (Phi) is 4.92. The van der Waals surface area contributed by atoms with Crippen LogP contribution in [-0.4, -0.2) is 9.97 Å². The van der Waals surface area contributed by atoms with Crippen LogP contribution in [0, 0.1) is 12.7 Å². The van der Waals surface area contributed by atoms with Crippen molar-refractivity contribution in [3.8, 4) is 11.8 Å². The standard InChI is InChI=1S/C21H14BrFN2O3/c1-12-15-7-6-14(27-21-24-8-3-9-25-21)11-18(15)28-20(26)16(12)10-13-4-2-5-17(22)19(13)23/h2-9,11H,10H2,1H3. The molecule has 0 aliphatic carbocycles. The minimum atomic E-state index is -0.502. The number of halogens is 2. The maximum absolute atomic E-state index is 14.3. The first-order chi connectivity index (χ1) is 13.5. The zero-order valence-corrected chi connectivity index (χ0v) is 16.4. The van der Waals surface area contributed by atoms with E-state index in [9.17, 15) is 9.18 Å². The molecule has 140 valence electrons. The molecule has 0 amide bonds. The molecule has 0 saturated heterocycles. The number of hydrogen-bond donors (Lipinski definition) is 0. The first-order valence-electron chi connectivity index (χ1n) is 8.47. The Morgan fingerprint density at radius 3 is 2.71 bits per heavy atom. The molecule has 0 saturated carbocycles. The van der Waals surface area contributed by atoms with Crippen LogP contribution in [0.1, 0.15) is 16.7 Å². The monoisotopic (exact) mass is 440 g/mol. The van der Waals surface area contributed by atoms with Gasteiger partial charge in [0.2, 0.25) is 0 Å². The van der Waals surface area contributed by atoms with Crippen molar-refractivity contribution in [1.82, 2.24) is 9.97 Å². The molecule has 28 heavy (non-hydrogen) atoms. The van der Waals surface area contributed by atoms with Gasteiger partial charge in [0.15, 0.2) is 0 Å². The zero-order valence-electron chi connectivity index (χ0n) is 14.8. The van der Waals surface area contributed by atoms with Gasteiger partial charge >= 0.3 is 11.6 Å². The van der Waals surface area contributed by atoms with Gasteiger partial charge in [0.25, 0.3) is 0 Å². The summed E-state index contributed by atoms with van der Waals surface area (Å²) >= 11 is 3.17. The maximum atomic E-state index is 14.3. The Labute approximate surface area is 168 Å². The molecule has 2 heterocycles. The predicted molar refractivity (Wildman–Crippen MR) is 106 cm³/mol. The summed E-state index contributed by atoms with van der Waals surface area (Å²) in [6, 6.07) is 12.0. The van der Waals surface area contributed by atoms with E-state index < -0.39 is 5.63 Å². The average Bonchev–Trinajstić information content (AvgIpc) is 2.69. The predicted octanol–water partition coefficient (Wildman–Crippen LogP) is 5.18. The summed E-state index contributed by atoms with van der Waals surface area (Å²) in [4.78, 5) is 20.6. The van der Waals surface area contributed by atoms with Crippen LogP contribution in [0.5, 0.6) is 11.8 Å². The van der Waals surface area contributed by atoms with Gasteiger partial charge in [-0.05, 0) is 58.2 Å². The molecular formula is C21H14BrFN2O3. The smallest absolute Gasteiger partial charge is 0.340 e. The van der Waals surface area contributed by atoms with Crippen LogP contribution in [0.4, 0.5) is 4.39 Å². The molecule has 4 rings (SSSR count). The van der Waals surface area contributed by atoms with E-state index in [0.717, 1.165) is 10.9 Å². The van der Waals surface area contributed by atoms with Gasteiger partial charge in [-0.2, -0.15) is 0 Å². The highest BCUT2D eigenvalue weighted by Gasteiger charge is 2.15. The Hall–Kier alpha value is -3.06. The summed E-state index contributed by atoms with van der Waals surface area (Å²) in [7, 11) is 0. The molecule has 0 aliphatic rings. The molecule has 5 nitrogen and oxygen atoms in total. The van der Waals surface area contributed by atoms with Crippen molar-refractivity contribution in [3.63, 3.8) is 0 Å². The number of ether oxygens (including phenoxy) is 1. The van der Waals surface area contributed by atoms with E-state index >= 15 is 0 Å². The number of fused-ring (bicyclic) bond motifs is 1. The second kappa shape index (κ2) is 7.52. The van der Waals surface area contributed by atoms with Gasteiger partial charge in [0.05, 0.1) is 4.47 Å². The third-order valence-corrected chi connectivity index (χ3v) is 5.02. The second-order valence-electron chi connectivity index (χ2n) is 6.17. The van der Waals surface area contributed by atoms with Crippen molar-refractivity contribution in [2.24, 2.45) is 0 Å². The highest BCUT2D eigenvalue weighted by molar-refractivity contribution is 9.10. The van der Waals surface area contributed by atoms with Crippen LogP contribution in [0.15, 0.2) is 68.5 Å². The lowest BCUT2D eigenvalue weighted by molar-refractivity contribution is 0.440. The average molecular weight is 441 g/mol. The zero-order chi connectivity index (χ0) is 19.7. The molecule has 2 aromatic carbocycles. The molecule has 0 atom stereocenters. The summed E-state index contributed by atoms with van der Waals surface area (Å²) in [6.45, 7) is 1.82. The summed E-state index contributed by atoms with van der Waals surface area (Å²) in [6.07, 6.45) is 3.29. The van der Waals surface area contributed by atoms with Gasteiger partial charge < -0.3 is 9.15 Å². The highest BCUT2D eigenvalue weighted by atomic mass is 79.9. The van der Waals surface area contributed by atoms with E-state index in [2.05, 4.69) is 25.9 Å². The van der Waals surface area contributed by atoms with E-state index in [0.29, 0.717) is 26.9 Å². The van der Waals surface area contributed by atoms with Crippen LogP contribution < -0.4 is 10.4 Å². The van der Waals surface area contributed by atoms with Crippen molar-refractivity contribution < 1.29 is 13.5 Å². The molecule has 0 unspecified atom stereocenters. The van der Waals surface area contributed by atoms with Gasteiger partial charge in [-0.3, -0.25) is 0 Å². The lowest BCUT2D eigenvalue weighted by Gasteiger charge is -2.10. The minimum absolute atomic E-state index is 0.144. The Morgan fingerprint density at radius 1 is 1.14 bits per heavy atom. The number of hydrogen-bond acceptors (Lipinski definition) is 5. The molecule has 4 aromatic rings. The molecule has 0 N–H and O–H groups in total. The number of rotatable bonds is 4. The SMILES string of the molecule is Cc1c(Cc2cccc(Br)c2F)c(=O)oc2cc(Oc3ncccn3)ccc12. The molecule has 0 radical (unpaired) electrons. The largest absolute Gasteiger partial charge is 0.424 e. The van der Waals surface area contributed by atoms with E-state index in [1.54, 1.807) is 54.9 Å². The van der Waals surface area contributed by atoms with Crippen LogP contribution in [-0.2, 0) is 6.42 Å². The first kappa shape index (κ1) is 18.3. The Morgan fingerprint density at radius 2 is 1.93 bits per heavy atom. The van der Waals surface area contributed by atoms with Crippen molar-refractivity contribution in [3.05, 3.63) is 92.3 Å². The van der Waals surface area contributed by atoms with Crippen LogP contribution in [0.3, 0.4) is 0 Å². The lowest BCUT2D eigenvalue weighted by Crippen LogP contribution is -2.11. The van der Waals surface area contributed by atoms with E-state index in [4.69, 9.17) is 9.15 Å². The van der Waals surface area contributed by atoms with E-state index in [1.165, 1.54) is 0 Å². The van der Waals surface area contributed by atoms with Gasteiger partial charge in [-0.15, -0.1) is 0 Å². The van der Waals surface area contributed by atoms with Gasteiger partial charge in [-0.1, -0.05) is 12.1 Å². The topological polar surface area (TPSA) is 65.2 Å². The third kappa shape index (κ3) is 3.53. The molecular weight excluding hydrogens is 427 g/mol. The summed E-state index contributed by atoms with van der Waals surface area (Å²) in [5, 5.41) is 0.756. The number of aryl methyl sites for hydroxylation is 1. The Bertz CT molecular complexity index is 1230. The fraction of sp³-hybridized carbons (Fsp3) is 0.0952. The summed E-state index contributed by atoms with van der Waals surface area (Å²) in [5.41, 5.74) is 1.47. The van der Waals surface area contributed by atoms with Crippen molar-refractivity contribution in [2.45, 2.75) is 13.3 Å². The van der Waals surface area contributed by atoms with Crippen LogP contribution >= 0.6 is 15.9 Å². The molecule has 0 aliphatic heterocycles. The minimum Gasteiger partial charge on any atom is -0.424 e. The van der Waals surface area contributed by atoms with Crippen molar-refractivity contribution in [2.75, 3.05) is 0 Å². The fourth-order valence-corrected chi connectivity index (χ4v) is 3.37. The van der Waals surface area contributed by atoms with Gasteiger partial charge in [0, 0.05) is 35.8 Å². The highest BCUT2D eigenvalue weighted by Crippen LogP contribution is 2.28. The number of nitrogens with zero attached hydrogens (tertiary/aromatic N) is 2. The third-order valence-electron chi connectivity index (χ3n) is 4.41. The molecule has 0 bridgehead atoms. The van der Waals surface area contributed by atoms with Crippen molar-refractivity contribution in [1.29, 1.82) is 0 Å². The maximum Gasteiger partial charge on any atom is 0.340 e. The van der Waals surface area contributed by atoms with Crippen LogP contribution in [0.25, 0.3) is 11.0 Å². The molecule has 0 fully saturated rings. The van der Waals surface area contributed by atoms with E-state index in [1.807, 2.05) is 6.92 Å².